The van der Waals surface area contributed by atoms with Gasteiger partial charge in [0.15, 0.2) is 0 Å². The first-order valence-electron chi connectivity index (χ1n) is 6.62. The Morgan fingerprint density at radius 3 is 2.63 bits per heavy atom. The first kappa shape index (κ1) is 13.6. The van der Waals surface area contributed by atoms with Crippen LogP contribution in [0.15, 0.2) is 24.3 Å². The summed E-state index contributed by atoms with van der Waals surface area (Å²) in [6.07, 6.45) is 0.608. The highest BCUT2D eigenvalue weighted by Gasteiger charge is 2.44. The predicted molar refractivity (Wildman–Crippen MR) is 73.4 cm³/mol. The van der Waals surface area contributed by atoms with Gasteiger partial charge in [0.2, 0.25) is 11.8 Å². The lowest BCUT2D eigenvalue weighted by atomic mass is 9.91. The van der Waals surface area contributed by atoms with Gasteiger partial charge in [-0.1, -0.05) is 31.2 Å². The smallest absolute Gasteiger partial charge is 0.246 e. The first-order valence-corrected chi connectivity index (χ1v) is 6.62. The van der Waals surface area contributed by atoms with Crippen LogP contribution in [0.4, 0.5) is 0 Å². The molecule has 1 N–H and O–H groups in total. The highest BCUT2D eigenvalue weighted by molar-refractivity contribution is 5.97. The van der Waals surface area contributed by atoms with E-state index in [1.807, 2.05) is 45.0 Å². The van der Waals surface area contributed by atoms with Crippen LogP contribution in [-0.4, -0.2) is 28.8 Å². The number of amides is 2. The van der Waals surface area contributed by atoms with E-state index < -0.39 is 5.54 Å². The molecule has 1 aromatic rings. The van der Waals surface area contributed by atoms with Gasteiger partial charge >= 0.3 is 0 Å². The van der Waals surface area contributed by atoms with Crippen LogP contribution in [-0.2, 0) is 16.1 Å². The average Bonchev–Trinajstić information content (AvgIpc) is 2.41. The van der Waals surface area contributed by atoms with E-state index in [0.29, 0.717) is 13.0 Å². The van der Waals surface area contributed by atoms with Crippen LogP contribution in [0.25, 0.3) is 0 Å². The standard InChI is InChI=1S/C15H20N2O2/c1-4-15(3)14(19)16-9-13(18)17(15)10-12-8-6-5-7-11(12)2/h5-8H,4,9-10H2,1-3H3,(H,16,19). The van der Waals surface area contributed by atoms with Crippen LogP contribution in [0.3, 0.4) is 0 Å². The summed E-state index contributed by atoms with van der Waals surface area (Å²) in [5.74, 6) is -0.0876. The Kier molecular flexibility index (Phi) is 3.60. The molecule has 102 valence electrons. The van der Waals surface area contributed by atoms with Gasteiger partial charge < -0.3 is 10.2 Å². The van der Waals surface area contributed by atoms with E-state index in [1.165, 1.54) is 0 Å². The summed E-state index contributed by atoms with van der Waals surface area (Å²) >= 11 is 0. The van der Waals surface area contributed by atoms with E-state index in [0.717, 1.165) is 11.1 Å². The van der Waals surface area contributed by atoms with Crippen LogP contribution in [0, 0.1) is 6.92 Å². The minimum absolute atomic E-state index is 0.0211. The molecule has 1 heterocycles. The van der Waals surface area contributed by atoms with Crippen LogP contribution >= 0.6 is 0 Å². The van der Waals surface area contributed by atoms with E-state index in [9.17, 15) is 9.59 Å². The van der Waals surface area contributed by atoms with Crippen LogP contribution in [0.5, 0.6) is 0 Å². The maximum Gasteiger partial charge on any atom is 0.246 e. The van der Waals surface area contributed by atoms with Gasteiger partial charge in [-0.3, -0.25) is 9.59 Å². The van der Waals surface area contributed by atoms with E-state index in [2.05, 4.69) is 5.32 Å². The summed E-state index contributed by atoms with van der Waals surface area (Å²) in [7, 11) is 0. The van der Waals surface area contributed by atoms with Crippen molar-refractivity contribution in [3.8, 4) is 0 Å². The molecule has 4 heteroatoms. The normalized spacial score (nSPS) is 23.4. The van der Waals surface area contributed by atoms with Crippen molar-refractivity contribution in [2.75, 3.05) is 6.54 Å². The molecule has 0 aromatic heterocycles. The number of rotatable bonds is 3. The van der Waals surface area contributed by atoms with Crippen LogP contribution in [0.1, 0.15) is 31.4 Å². The van der Waals surface area contributed by atoms with Crippen molar-refractivity contribution in [3.63, 3.8) is 0 Å². The molecule has 19 heavy (non-hydrogen) atoms. The van der Waals surface area contributed by atoms with Gasteiger partial charge in [-0.15, -0.1) is 0 Å². The van der Waals surface area contributed by atoms with Crippen molar-refractivity contribution >= 4 is 11.8 Å². The summed E-state index contributed by atoms with van der Waals surface area (Å²) in [5, 5.41) is 2.67. The Balaban J connectivity index is 2.32. The van der Waals surface area contributed by atoms with Gasteiger partial charge in [-0.05, 0) is 31.4 Å². The number of nitrogens with zero attached hydrogens (tertiary/aromatic N) is 1. The Bertz CT molecular complexity index is 513. The van der Waals surface area contributed by atoms with Crippen LogP contribution < -0.4 is 5.32 Å². The van der Waals surface area contributed by atoms with Gasteiger partial charge in [0, 0.05) is 6.54 Å². The second kappa shape index (κ2) is 5.03. The van der Waals surface area contributed by atoms with Crippen molar-refractivity contribution in [1.82, 2.24) is 10.2 Å². The van der Waals surface area contributed by atoms with E-state index >= 15 is 0 Å². The van der Waals surface area contributed by atoms with Gasteiger partial charge in [-0.25, -0.2) is 0 Å². The number of benzene rings is 1. The maximum absolute atomic E-state index is 12.1. The highest BCUT2D eigenvalue weighted by atomic mass is 16.2. The topological polar surface area (TPSA) is 49.4 Å². The van der Waals surface area contributed by atoms with E-state index in [4.69, 9.17) is 0 Å². The fourth-order valence-electron chi connectivity index (χ4n) is 2.41. The molecule has 2 amide bonds. The Morgan fingerprint density at radius 1 is 1.32 bits per heavy atom. The quantitative estimate of drug-likeness (QED) is 0.898. The van der Waals surface area contributed by atoms with E-state index in [-0.39, 0.29) is 18.4 Å². The Hall–Kier alpha value is -1.84. The number of hydrogen-bond acceptors (Lipinski definition) is 2. The summed E-state index contributed by atoms with van der Waals surface area (Å²) in [5.41, 5.74) is 1.47. The van der Waals surface area contributed by atoms with Crippen molar-refractivity contribution in [2.45, 2.75) is 39.3 Å². The Morgan fingerprint density at radius 2 is 2.00 bits per heavy atom. The van der Waals surface area contributed by atoms with Crippen molar-refractivity contribution in [1.29, 1.82) is 0 Å². The maximum atomic E-state index is 12.1. The lowest BCUT2D eigenvalue weighted by Crippen LogP contribution is -2.65. The highest BCUT2D eigenvalue weighted by Crippen LogP contribution is 2.26. The van der Waals surface area contributed by atoms with Gasteiger partial charge in [0.05, 0.1) is 6.54 Å². The largest absolute Gasteiger partial charge is 0.345 e. The molecule has 1 saturated heterocycles. The van der Waals surface area contributed by atoms with Gasteiger partial charge in [0.1, 0.15) is 5.54 Å². The average molecular weight is 260 g/mol. The first-order chi connectivity index (χ1) is 8.99. The molecule has 0 saturated carbocycles. The van der Waals surface area contributed by atoms with E-state index in [1.54, 1.807) is 4.90 Å². The lowest BCUT2D eigenvalue weighted by molar-refractivity contribution is -0.153. The molecule has 1 unspecified atom stereocenters. The zero-order chi connectivity index (χ0) is 14.0. The molecule has 0 bridgehead atoms. The minimum atomic E-state index is -0.752. The molecule has 4 nitrogen and oxygen atoms in total. The zero-order valence-electron chi connectivity index (χ0n) is 11.7. The third-order valence-corrected chi connectivity index (χ3v) is 4.06. The molecule has 1 aliphatic rings. The molecule has 0 radical (unpaired) electrons. The zero-order valence-corrected chi connectivity index (χ0v) is 11.7. The fraction of sp³-hybridized carbons (Fsp3) is 0.467. The molecular weight excluding hydrogens is 240 g/mol. The summed E-state index contributed by atoms with van der Waals surface area (Å²) < 4.78 is 0. The molecule has 2 rings (SSSR count). The fourth-order valence-corrected chi connectivity index (χ4v) is 2.41. The molecule has 0 aliphatic carbocycles. The molecular formula is C15H20N2O2. The van der Waals surface area contributed by atoms with Crippen LogP contribution in [0.2, 0.25) is 0 Å². The number of nitrogens with one attached hydrogen (secondary N) is 1. The summed E-state index contributed by atoms with van der Waals surface area (Å²) in [6.45, 7) is 6.37. The number of piperazine rings is 1. The summed E-state index contributed by atoms with van der Waals surface area (Å²) in [4.78, 5) is 25.9. The summed E-state index contributed by atoms with van der Waals surface area (Å²) in [6, 6.07) is 7.96. The molecule has 1 fully saturated rings. The second-order valence-corrected chi connectivity index (χ2v) is 5.22. The predicted octanol–water partition coefficient (Wildman–Crippen LogP) is 1.62. The SMILES string of the molecule is CCC1(C)C(=O)NCC(=O)N1Cc1ccccc1C. The molecule has 1 aromatic carbocycles. The Labute approximate surface area is 113 Å². The third-order valence-electron chi connectivity index (χ3n) is 4.06. The minimum Gasteiger partial charge on any atom is -0.345 e. The molecule has 0 spiro atoms. The molecule has 1 aliphatic heterocycles. The van der Waals surface area contributed by atoms with Gasteiger partial charge in [-0.2, -0.15) is 0 Å². The van der Waals surface area contributed by atoms with Crippen molar-refractivity contribution < 1.29 is 9.59 Å². The number of carbonyl (C=O) groups is 2. The molecule has 1 atom stereocenters. The third kappa shape index (κ3) is 2.35. The second-order valence-electron chi connectivity index (χ2n) is 5.22. The number of hydrogen-bond donors (Lipinski definition) is 1. The number of aryl methyl sites for hydroxylation is 1. The van der Waals surface area contributed by atoms with Crippen molar-refractivity contribution in [3.05, 3.63) is 35.4 Å². The van der Waals surface area contributed by atoms with Crippen molar-refractivity contribution in [2.24, 2.45) is 0 Å². The monoisotopic (exact) mass is 260 g/mol. The lowest BCUT2D eigenvalue weighted by Gasteiger charge is -2.43. The van der Waals surface area contributed by atoms with Gasteiger partial charge in [0.25, 0.3) is 0 Å². The number of carbonyl (C=O) groups excluding carboxylic acids is 2.